The minimum Gasteiger partial charge on any atom is -0.326 e. The summed E-state index contributed by atoms with van der Waals surface area (Å²) in [5, 5.41) is 6.57. The van der Waals surface area contributed by atoms with Crippen LogP contribution in [-0.4, -0.2) is 48.5 Å². The van der Waals surface area contributed by atoms with Crippen LogP contribution in [0.2, 0.25) is 0 Å². The van der Waals surface area contributed by atoms with E-state index in [2.05, 4.69) is 33.7 Å². The second kappa shape index (κ2) is 9.65. The van der Waals surface area contributed by atoms with Crippen LogP contribution in [0, 0.1) is 11.3 Å². The molecule has 2 N–H and O–H groups in total. The molecule has 2 saturated heterocycles. The largest absolute Gasteiger partial charge is 0.326 e. The van der Waals surface area contributed by atoms with Crippen molar-refractivity contribution in [2.24, 2.45) is 11.3 Å². The number of nitrogens with zero attached hydrogens (tertiary/aromatic N) is 1. The molecule has 1 spiro atoms. The first-order chi connectivity index (χ1) is 11.8. The summed E-state index contributed by atoms with van der Waals surface area (Å²) in [7, 11) is 0. The van der Waals surface area contributed by atoms with Crippen molar-refractivity contribution in [1.82, 2.24) is 10.2 Å². The first kappa shape index (κ1) is 21.8. The number of nitrogens with one attached hydrogen (secondary N) is 2. The summed E-state index contributed by atoms with van der Waals surface area (Å²) in [6.45, 7) is 5.45. The maximum atomic E-state index is 12.6. The van der Waals surface area contributed by atoms with Gasteiger partial charge in [-0.3, -0.25) is 9.69 Å². The molecule has 1 aromatic rings. The average Bonchev–Trinajstić information content (AvgIpc) is 3.30. The van der Waals surface area contributed by atoms with Crippen molar-refractivity contribution < 1.29 is 4.79 Å². The molecule has 2 heterocycles. The lowest BCUT2D eigenvalue weighted by Crippen LogP contribution is -2.32. The molecular formula is C19H29Cl2N3OS. The molecule has 0 aromatic heterocycles. The molecule has 3 fully saturated rings. The van der Waals surface area contributed by atoms with Gasteiger partial charge in [0.25, 0.3) is 0 Å². The molecule has 26 heavy (non-hydrogen) atoms. The number of thioether (sulfide) groups is 1. The Morgan fingerprint density at radius 2 is 1.96 bits per heavy atom. The minimum atomic E-state index is 0. The highest BCUT2D eigenvalue weighted by Crippen LogP contribution is 2.58. The van der Waals surface area contributed by atoms with E-state index in [4.69, 9.17) is 0 Å². The third kappa shape index (κ3) is 5.08. The molecule has 146 valence electrons. The van der Waals surface area contributed by atoms with Gasteiger partial charge in [-0.2, -0.15) is 11.8 Å². The Hall–Kier alpha value is -0.460. The predicted molar refractivity (Wildman–Crippen MR) is 115 cm³/mol. The minimum absolute atomic E-state index is 0. The predicted octanol–water partition coefficient (Wildman–Crippen LogP) is 3.41. The molecule has 0 bridgehead atoms. The van der Waals surface area contributed by atoms with Gasteiger partial charge in [0.05, 0.1) is 0 Å². The van der Waals surface area contributed by atoms with Gasteiger partial charge < -0.3 is 10.6 Å². The van der Waals surface area contributed by atoms with E-state index in [0.717, 1.165) is 44.6 Å². The van der Waals surface area contributed by atoms with Gasteiger partial charge in [-0.05, 0) is 55.5 Å². The summed E-state index contributed by atoms with van der Waals surface area (Å²) in [5.74, 6) is 2.91. The zero-order valence-electron chi connectivity index (χ0n) is 15.0. The Morgan fingerprint density at radius 1 is 1.23 bits per heavy atom. The van der Waals surface area contributed by atoms with E-state index in [1.165, 1.54) is 30.2 Å². The Balaban J connectivity index is 0.00000121. The molecule has 2 aliphatic heterocycles. The van der Waals surface area contributed by atoms with Crippen LogP contribution in [0.15, 0.2) is 24.3 Å². The maximum absolute atomic E-state index is 12.6. The van der Waals surface area contributed by atoms with E-state index >= 15 is 0 Å². The van der Waals surface area contributed by atoms with Crippen molar-refractivity contribution in [1.29, 1.82) is 0 Å². The third-order valence-corrected chi connectivity index (χ3v) is 6.75. The first-order valence-corrected chi connectivity index (χ1v) is 10.3. The van der Waals surface area contributed by atoms with Crippen molar-refractivity contribution in [2.75, 3.05) is 43.0 Å². The molecule has 1 unspecified atom stereocenters. The van der Waals surface area contributed by atoms with Crippen LogP contribution < -0.4 is 10.6 Å². The second-order valence-corrected chi connectivity index (χ2v) is 8.67. The zero-order valence-corrected chi connectivity index (χ0v) is 17.5. The van der Waals surface area contributed by atoms with Gasteiger partial charge in [-0.25, -0.2) is 0 Å². The fourth-order valence-corrected chi connectivity index (χ4v) is 5.17. The summed E-state index contributed by atoms with van der Waals surface area (Å²) < 4.78 is 0. The van der Waals surface area contributed by atoms with E-state index in [1.54, 1.807) is 0 Å². The summed E-state index contributed by atoms with van der Waals surface area (Å²) in [4.78, 5) is 15.1. The fraction of sp³-hybridized carbons (Fsp3) is 0.632. The number of carbonyl (C=O) groups excluding carboxylic acids is 1. The molecule has 4 nitrogen and oxygen atoms in total. The van der Waals surface area contributed by atoms with Gasteiger partial charge in [0, 0.05) is 42.7 Å². The number of halogens is 2. The molecule has 1 saturated carbocycles. The Kier molecular flexibility index (Phi) is 8.10. The highest BCUT2D eigenvalue weighted by Gasteiger charge is 2.57. The van der Waals surface area contributed by atoms with Crippen LogP contribution in [0.1, 0.15) is 24.8 Å². The van der Waals surface area contributed by atoms with Crippen LogP contribution in [0.3, 0.4) is 0 Å². The fourth-order valence-electron chi connectivity index (χ4n) is 4.19. The van der Waals surface area contributed by atoms with Gasteiger partial charge in [-0.1, -0.05) is 12.1 Å². The molecular weight excluding hydrogens is 389 g/mol. The van der Waals surface area contributed by atoms with Gasteiger partial charge in [0.15, 0.2) is 0 Å². The number of carbonyl (C=O) groups is 1. The standard InChI is InChI=1S/C19H27N3OS.2ClH/c23-18(17-13-19(17)4-6-20-7-5-19)21-16-3-1-2-15(12-16)14-22-8-10-24-11-9-22;;/h1-3,12,17,20H,4-11,13-14H2,(H,21,23);2*1H. The van der Waals surface area contributed by atoms with Crippen molar-refractivity contribution in [3.05, 3.63) is 29.8 Å². The summed E-state index contributed by atoms with van der Waals surface area (Å²) >= 11 is 2.04. The second-order valence-electron chi connectivity index (χ2n) is 7.45. The van der Waals surface area contributed by atoms with E-state index in [1.807, 2.05) is 17.8 Å². The monoisotopic (exact) mass is 417 g/mol. The lowest BCUT2D eigenvalue weighted by Gasteiger charge is -2.26. The number of rotatable bonds is 4. The number of piperidine rings is 1. The smallest absolute Gasteiger partial charge is 0.228 e. The lowest BCUT2D eigenvalue weighted by atomic mass is 9.92. The molecule has 1 amide bonds. The van der Waals surface area contributed by atoms with Crippen LogP contribution in [0.25, 0.3) is 0 Å². The number of hydrogen-bond acceptors (Lipinski definition) is 4. The van der Waals surface area contributed by atoms with Gasteiger partial charge in [0.2, 0.25) is 5.91 Å². The normalized spacial score (nSPS) is 24.2. The molecule has 1 aromatic carbocycles. The number of anilines is 1. The maximum Gasteiger partial charge on any atom is 0.228 e. The van der Waals surface area contributed by atoms with Crippen LogP contribution in [0.4, 0.5) is 5.69 Å². The van der Waals surface area contributed by atoms with Crippen molar-refractivity contribution >= 4 is 48.2 Å². The van der Waals surface area contributed by atoms with Crippen LogP contribution in [0.5, 0.6) is 0 Å². The van der Waals surface area contributed by atoms with E-state index < -0.39 is 0 Å². The third-order valence-electron chi connectivity index (χ3n) is 5.81. The SMILES string of the molecule is Cl.Cl.O=C(Nc1cccc(CN2CCSCC2)c1)C1CC12CCNCC2. The van der Waals surface area contributed by atoms with Gasteiger partial charge in [0.1, 0.15) is 0 Å². The molecule has 0 radical (unpaired) electrons. The van der Waals surface area contributed by atoms with E-state index in [0.29, 0.717) is 5.41 Å². The van der Waals surface area contributed by atoms with Crippen molar-refractivity contribution in [2.45, 2.75) is 25.8 Å². The molecule has 7 heteroatoms. The summed E-state index contributed by atoms with van der Waals surface area (Å²) in [6.07, 6.45) is 3.38. The van der Waals surface area contributed by atoms with E-state index in [-0.39, 0.29) is 36.6 Å². The summed E-state index contributed by atoms with van der Waals surface area (Å²) in [5.41, 5.74) is 2.56. The first-order valence-electron chi connectivity index (χ1n) is 9.16. The lowest BCUT2D eigenvalue weighted by molar-refractivity contribution is -0.118. The molecule has 1 atom stereocenters. The zero-order chi connectivity index (χ0) is 16.4. The summed E-state index contributed by atoms with van der Waals surface area (Å²) in [6, 6.07) is 8.40. The molecule has 3 aliphatic rings. The van der Waals surface area contributed by atoms with E-state index in [9.17, 15) is 4.79 Å². The van der Waals surface area contributed by atoms with Crippen molar-refractivity contribution in [3.63, 3.8) is 0 Å². The highest BCUT2D eigenvalue weighted by atomic mass is 35.5. The quantitative estimate of drug-likeness (QED) is 0.787. The Labute approximate surface area is 173 Å². The van der Waals surface area contributed by atoms with Gasteiger partial charge in [-0.15, -0.1) is 24.8 Å². The molecule has 4 rings (SSSR count). The Morgan fingerprint density at radius 3 is 2.69 bits per heavy atom. The topological polar surface area (TPSA) is 44.4 Å². The van der Waals surface area contributed by atoms with Crippen LogP contribution in [-0.2, 0) is 11.3 Å². The highest BCUT2D eigenvalue weighted by molar-refractivity contribution is 7.99. The van der Waals surface area contributed by atoms with Crippen LogP contribution >= 0.6 is 36.6 Å². The molecule has 1 aliphatic carbocycles. The average molecular weight is 418 g/mol. The Bertz CT molecular complexity index is 604. The van der Waals surface area contributed by atoms with Gasteiger partial charge >= 0.3 is 0 Å². The number of hydrogen-bond donors (Lipinski definition) is 2. The number of amides is 1. The number of benzene rings is 1. The van der Waals surface area contributed by atoms with Crippen molar-refractivity contribution in [3.8, 4) is 0 Å².